The fraction of sp³-hybridized carbons (Fsp3) is 0.833. The monoisotopic (exact) mass is 195 g/mol. The molecule has 0 rings (SSSR count). The van der Waals surface area contributed by atoms with E-state index in [1.807, 2.05) is 0 Å². The number of hydrogen-bond acceptors (Lipinski definition) is 0. The van der Waals surface area contributed by atoms with E-state index in [4.69, 9.17) is 6.42 Å². The molecule has 0 aromatic carbocycles. The maximum absolute atomic E-state index is 7.56. The molecule has 1 heteroatoms. The van der Waals surface area contributed by atoms with Gasteiger partial charge in [-0.15, -0.1) is 5.54 Å². The molecule has 75 valence electrons. The second-order valence-corrected chi connectivity index (χ2v) is 9.72. The third kappa shape index (κ3) is 2.88. The highest BCUT2D eigenvalue weighted by Crippen LogP contribution is 2.36. The van der Waals surface area contributed by atoms with Crippen LogP contribution in [0, 0.1) is 12.0 Å². The van der Waals surface area contributed by atoms with Crippen LogP contribution in [-0.4, -0.2) is 8.07 Å². The summed E-state index contributed by atoms with van der Waals surface area (Å²) in [6.07, 6.45) is 10.1. The summed E-state index contributed by atoms with van der Waals surface area (Å²) in [5.74, 6) is 0. The fourth-order valence-corrected chi connectivity index (χ4v) is 6.19. The zero-order chi connectivity index (χ0) is 10.5. The molecule has 0 amide bonds. The average molecular weight is 195 g/mol. The van der Waals surface area contributed by atoms with Crippen molar-refractivity contribution in [1.29, 1.82) is 0 Å². The van der Waals surface area contributed by atoms with E-state index in [0.29, 0.717) is 11.1 Å². The summed E-state index contributed by atoms with van der Waals surface area (Å²) < 4.78 is 0. The predicted octanol–water partition coefficient (Wildman–Crippen LogP) is 4.18. The molecule has 0 unspecified atom stereocenters. The molecule has 0 fully saturated rings. The first-order valence-electron chi connectivity index (χ1n) is 5.45. The van der Waals surface area contributed by atoms with Crippen molar-refractivity contribution in [1.82, 2.24) is 0 Å². The summed E-state index contributed by atoms with van der Waals surface area (Å²) in [4.78, 5) is 0. The molecule has 13 heavy (non-hydrogen) atoms. The molecule has 1 radical (unpaired) electrons. The summed E-state index contributed by atoms with van der Waals surface area (Å²) in [5.41, 5.74) is 4.27. The first kappa shape index (κ1) is 12.8. The van der Waals surface area contributed by atoms with Crippen molar-refractivity contribution < 1.29 is 0 Å². The van der Waals surface area contributed by atoms with E-state index in [-0.39, 0.29) is 0 Å². The second kappa shape index (κ2) is 5.50. The van der Waals surface area contributed by atoms with Crippen LogP contribution in [-0.2, 0) is 0 Å². The van der Waals surface area contributed by atoms with Gasteiger partial charge in [0.25, 0.3) is 0 Å². The van der Waals surface area contributed by atoms with Gasteiger partial charge in [-0.25, -0.2) is 0 Å². The lowest BCUT2D eigenvalue weighted by molar-refractivity contribution is 0.817. The molecule has 0 bridgehead atoms. The van der Waals surface area contributed by atoms with Crippen LogP contribution >= 0.6 is 0 Å². The van der Waals surface area contributed by atoms with Crippen LogP contribution in [0.1, 0.15) is 47.5 Å². The Morgan fingerprint density at radius 1 is 1.15 bits per heavy atom. The zero-order valence-electron chi connectivity index (χ0n) is 9.78. The lowest BCUT2D eigenvalue weighted by Gasteiger charge is -2.33. The molecule has 0 aliphatic carbocycles. The van der Waals surface area contributed by atoms with Crippen LogP contribution in [0.5, 0.6) is 0 Å². The van der Waals surface area contributed by atoms with Crippen LogP contribution in [0.4, 0.5) is 0 Å². The average Bonchev–Trinajstić information content (AvgIpc) is 2.05. The van der Waals surface area contributed by atoms with E-state index in [1.54, 1.807) is 0 Å². The molecule has 0 saturated heterocycles. The Balaban J connectivity index is 4.58. The highest BCUT2D eigenvalue weighted by molar-refractivity contribution is 6.89. The summed E-state index contributed by atoms with van der Waals surface area (Å²) in [6, 6.07) is 1.25. The van der Waals surface area contributed by atoms with Gasteiger partial charge in [0.15, 0.2) is 0 Å². The summed E-state index contributed by atoms with van der Waals surface area (Å²) in [6.45, 7) is 11.3. The van der Waals surface area contributed by atoms with Gasteiger partial charge in [-0.05, 0) is 23.5 Å². The minimum Gasteiger partial charge on any atom is -0.117 e. The van der Waals surface area contributed by atoms with E-state index in [9.17, 15) is 0 Å². The molecule has 0 spiro atoms. The van der Waals surface area contributed by atoms with Gasteiger partial charge in [0.1, 0.15) is 8.07 Å². The predicted molar refractivity (Wildman–Crippen MR) is 62.8 cm³/mol. The third-order valence-corrected chi connectivity index (χ3v) is 9.00. The standard InChI is InChI=1S/C12H23Si/c1-7-9-10-13(8-2,11(3)4)12(5)6/h11-12H,7,9-10H2,1,3-6H3. The molecule has 0 aromatic rings. The number of unbranched alkanes of at least 4 members (excludes halogenated alkanes) is 1. The largest absolute Gasteiger partial charge is 0.144 e. The van der Waals surface area contributed by atoms with Gasteiger partial charge >= 0.3 is 0 Å². The molecule has 0 nitrogen and oxygen atoms in total. The zero-order valence-corrected chi connectivity index (χ0v) is 10.8. The van der Waals surface area contributed by atoms with Gasteiger partial charge in [-0.3, -0.25) is 0 Å². The Kier molecular flexibility index (Phi) is 5.40. The molecule has 0 saturated carbocycles. The first-order chi connectivity index (χ1) is 6.01. The van der Waals surface area contributed by atoms with Gasteiger partial charge in [-0.1, -0.05) is 47.5 Å². The van der Waals surface area contributed by atoms with Crippen LogP contribution in [0.15, 0.2) is 0 Å². The molecule has 0 N–H and O–H groups in total. The van der Waals surface area contributed by atoms with Crippen molar-refractivity contribution in [2.75, 3.05) is 0 Å². The number of hydrogen-bond donors (Lipinski definition) is 0. The van der Waals surface area contributed by atoms with Crippen molar-refractivity contribution in [3.8, 4) is 5.54 Å². The van der Waals surface area contributed by atoms with Gasteiger partial charge in [0.2, 0.25) is 0 Å². The van der Waals surface area contributed by atoms with E-state index >= 15 is 0 Å². The highest BCUT2D eigenvalue weighted by atomic mass is 28.3. The summed E-state index contributed by atoms with van der Waals surface area (Å²) in [5, 5.41) is 0. The van der Waals surface area contributed by atoms with Gasteiger partial charge in [0.05, 0.1) is 0 Å². The van der Waals surface area contributed by atoms with Crippen molar-refractivity contribution in [3.05, 3.63) is 6.42 Å². The molecular weight excluding hydrogens is 172 g/mol. The maximum Gasteiger partial charge on any atom is 0.144 e. The lowest BCUT2D eigenvalue weighted by atomic mass is 10.4. The number of rotatable bonds is 5. The third-order valence-electron chi connectivity index (χ3n) is 3.24. The Morgan fingerprint density at radius 2 is 1.62 bits per heavy atom. The van der Waals surface area contributed by atoms with Crippen LogP contribution in [0.25, 0.3) is 0 Å². The van der Waals surface area contributed by atoms with Crippen molar-refractivity contribution >= 4 is 8.07 Å². The SMILES string of the molecule is [C]#C[Si](CCCC)(C(C)C)C(C)C. The van der Waals surface area contributed by atoms with Gasteiger partial charge in [-0.2, -0.15) is 0 Å². The molecular formula is C12H23Si. The Morgan fingerprint density at radius 3 is 1.85 bits per heavy atom. The summed E-state index contributed by atoms with van der Waals surface area (Å²) >= 11 is 0. The lowest BCUT2D eigenvalue weighted by Crippen LogP contribution is -2.39. The molecule has 0 atom stereocenters. The van der Waals surface area contributed by atoms with Crippen molar-refractivity contribution in [3.63, 3.8) is 0 Å². The van der Waals surface area contributed by atoms with Crippen molar-refractivity contribution in [2.45, 2.75) is 64.6 Å². The van der Waals surface area contributed by atoms with E-state index in [0.717, 1.165) is 0 Å². The Labute approximate surface area is 85.1 Å². The van der Waals surface area contributed by atoms with Crippen LogP contribution < -0.4 is 0 Å². The smallest absolute Gasteiger partial charge is 0.117 e. The van der Waals surface area contributed by atoms with Crippen LogP contribution in [0.3, 0.4) is 0 Å². The normalized spacial score (nSPS) is 12.2. The quantitative estimate of drug-likeness (QED) is 0.456. The molecule has 0 aliphatic heterocycles. The first-order valence-corrected chi connectivity index (χ1v) is 7.81. The second-order valence-electron chi connectivity index (χ2n) is 4.58. The van der Waals surface area contributed by atoms with Gasteiger partial charge in [0, 0.05) is 0 Å². The fourth-order valence-electron chi connectivity index (χ4n) is 2.06. The topological polar surface area (TPSA) is 0 Å². The van der Waals surface area contributed by atoms with E-state index in [2.05, 4.69) is 40.2 Å². The minimum atomic E-state index is -1.53. The molecule has 0 aliphatic rings. The molecule has 0 aromatic heterocycles. The highest BCUT2D eigenvalue weighted by Gasteiger charge is 2.37. The van der Waals surface area contributed by atoms with Gasteiger partial charge < -0.3 is 0 Å². The minimum absolute atomic E-state index is 0.663. The summed E-state index contributed by atoms with van der Waals surface area (Å²) in [7, 11) is -1.53. The maximum atomic E-state index is 7.56. The van der Waals surface area contributed by atoms with E-state index in [1.165, 1.54) is 18.9 Å². The van der Waals surface area contributed by atoms with Crippen molar-refractivity contribution in [2.24, 2.45) is 0 Å². The van der Waals surface area contributed by atoms with Crippen LogP contribution in [0.2, 0.25) is 17.1 Å². The Bertz CT molecular complexity index is 166. The Hall–Kier alpha value is -0.223. The van der Waals surface area contributed by atoms with E-state index < -0.39 is 8.07 Å². The molecule has 0 heterocycles.